The molecule has 1 aromatic rings. The van der Waals surface area contributed by atoms with Gasteiger partial charge in [0, 0.05) is 31.6 Å². The van der Waals surface area contributed by atoms with Crippen molar-refractivity contribution in [2.24, 2.45) is 5.92 Å². The van der Waals surface area contributed by atoms with Gasteiger partial charge in [-0.15, -0.1) is 0 Å². The third kappa shape index (κ3) is 4.53. The molecule has 1 aromatic carbocycles. The van der Waals surface area contributed by atoms with Gasteiger partial charge in [-0.25, -0.2) is 4.39 Å². The van der Waals surface area contributed by atoms with Gasteiger partial charge in [0.2, 0.25) is 11.8 Å². The first-order valence-electron chi connectivity index (χ1n) is 7.94. The molecule has 0 radical (unpaired) electrons. The van der Waals surface area contributed by atoms with Crippen LogP contribution in [0.1, 0.15) is 31.2 Å². The van der Waals surface area contributed by atoms with Crippen LogP contribution >= 0.6 is 0 Å². The summed E-state index contributed by atoms with van der Waals surface area (Å²) in [4.78, 5) is 36.1. The molecule has 2 N–H and O–H groups in total. The van der Waals surface area contributed by atoms with Crippen molar-refractivity contribution in [2.75, 3.05) is 18.0 Å². The van der Waals surface area contributed by atoms with E-state index in [1.165, 1.54) is 17.0 Å². The maximum atomic E-state index is 13.3. The Balaban J connectivity index is 1.86. The lowest BCUT2D eigenvalue weighted by molar-refractivity contribution is -0.137. The second-order valence-corrected chi connectivity index (χ2v) is 5.98. The SMILES string of the molecule is Cc1cc(N2CC(C(=O)NCCCCC(=O)O)CC2=O)ccc1F. The number of halogens is 1. The minimum atomic E-state index is -0.854. The van der Waals surface area contributed by atoms with Crippen molar-refractivity contribution in [2.45, 2.75) is 32.6 Å². The number of nitrogens with zero attached hydrogens (tertiary/aromatic N) is 1. The highest BCUT2D eigenvalue weighted by Gasteiger charge is 2.35. The zero-order valence-electron chi connectivity index (χ0n) is 13.5. The molecule has 1 saturated heterocycles. The summed E-state index contributed by atoms with van der Waals surface area (Å²) in [6, 6.07) is 4.44. The molecule has 1 aliphatic rings. The lowest BCUT2D eigenvalue weighted by atomic mass is 10.1. The predicted octanol–water partition coefficient (Wildman–Crippen LogP) is 1.86. The van der Waals surface area contributed by atoms with Crippen LogP contribution in [0.3, 0.4) is 0 Å². The fourth-order valence-electron chi connectivity index (χ4n) is 2.69. The van der Waals surface area contributed by atoms with Crippen LogP contribution < -0.4 is 10.2 Å². The number of carboxylic acids is 1. The number of benzene rings is 1. The zero-order valence-corrected chi connectivity index (χ0v) is 13.5. The van der Waals surface area contributed by atoms with Gasteiger partial charge in [0.05, 0.1) is 5.92 Å². The van der Waals surface area contributed by atoms with Crippen LogP contribution in [-0.4, -0.2) is 36.0 Å². The topological polar surface area (TPSA) is 86.7 Å². The summed E-state index contributed by atoms with van der Waals surface area (Å²) < 4.78 is 13.3. The van der Waals surface area contributed by atoms with Gasteiger partial charge in [-0.1, -0.05) is 0 Å². The van der Waals surface area contributed by atoms with E-state index in [0.29, 0.717) is 30.6 Å². The molecule has 0 spiro atoms. The van der Waals surface area contributed by atoms with Crippen molar-refractivity contribution >= 4 is 23.5 Å². The van der Waals surface area contributed by atoms with Crippen molar-refractivity contribution in [3.8, 4) is 0 Å². The van der Waals surface area contributed by atoms with Crippen molar-refractivity contribution in [3.63, 3.8) is 0 Å². The van der Waals surface area contributed by atoms with Crippen LogP contribution in [0.5, 0.6) is 0 Å². The third-order valence-corrected chi connectivity index (χ3v) is 4.07. The fraction of sp³-hybridized carbons (Fsp3) is 0.471. The average Bonchev–Trinajstić information content (AvgIpc) is 2.91. The Morgan fingerprint density at radius 3 is 2.79 bits per heavy atom. The van der Waals surface area contributed by atoms with Gasteiger partial charge in [0.25, 0.3) is 0 Å². The third-order valence-electron chi connectivity index (χ3n) is 4.07. The molecule has 2 rings (SSSR count). The van der Waals surface area contributed by atoms with Crippen molar-refractivity contribution in [3.05, 3.63) is 29.6 Å². The second kappa shape index (κ2) is 7.90. The van der Waals surface area contributed by atoms with E-state index in [1.54, 1.807) is 13.0 Å². The van der Waals surface area contributed by atoms with Crippen LogP contribution in [0.2, 0.25) is 0 Å². The summed E-state index contributed by atoms with van der Waals surface area (Å²) in [7, 11) is 0. The molecule has 0 bridgehead atoms. The number of rotatable bonds is 7. The number of unbranched alkanes of at least 4 members (excludes halogenated alkanes) is 1. The van der Waals surface area contributed by atoms with Crippen molar-refractivity contribution in [1.82, 2.24) is 5.32 Å². The number of anilines is 1. The van der Waals surface area contributed by atoms with Gasteiger partial charge >= 0.3 is 5.97 Å². The Labute approximate surface area is 139 Å². The number of carbonyl (C=O) groups excluding carboxylic acids is 2. The van der Waals surface area contributed by atoms with Gasteiger partial charge in [-0.2, -0.15) is 0 Å². The molecular weight excluding hydrogens is 315 g/mol. The molecule has 0 aromatic heterocycles. The Hall–Kier alpha value is -2.44. The summed E-state index contributed by atoms with van der Waals surface area (Å²) in [6.07, 6.45) is 1.28. The van der Waals surface area contributed by atoms with Gasteiger partial charge in [-0.05, 0) is 43.5 Å². The number of hydrogen-bond donors (Lipinski definition) is 2. The first-order valence-corrected chi connectivity index (χ1v) is 7.94. The molecule has 24 heavy (non-hydrogen) atoms. The Morgan fingerprint density at radius 2 is 2.12 bits per heavy atom. The number of aryl methyl sites for hydroxylation is 1. The number of aliphatic carboxylic acids is 1. The van der Waals surface area contributed by atoms with E-state index in [9.17, 15) is 18.8 Å². The molecule has 0 saturated carbocycles. The van der Waals surface area contributed by atoms with Crippen LogP contribution in [-0.2, 0) is 14.4 Å². The van der Waals surface area contributed by atoms with Crippen molar-refractivity contribution in [1.29, 1.82) is 0 Å². The number of nitrogens with one attached hydrogen (secondary N) is 1. The zero-order chi connectivity index (χ0) is 17.7. The largest absolute Gasteiger partial charge is 0.481 e. The van der Waals surface area contributed by atoms with Gasteiger partial charge in [-0.3, -0.25) is 14.4 Å². The fourth-order valence-corrected chi connectivity index (χ4v) is 2.69. The Morgan fingerprint density at radius 1 is 1.38 bits per heavy atom. The molecule has 6 nitrogen and oxygen atoms in total. The normalized spacial score (nSPS) is 17.2. The molecule has 130 valence electrons. The van der Waals surface area contributed by atoms with E-state index in [2.05, 4.69) is 5.32 Å². The summed E-state index contributed by atoms with van der Waals surface area (Å²) in [5, 5.41) is 11.3. The molecular formula is C17H21FN2O4. The Bertz CT molecular complexity index is 647. The van der Waals surface area contributed by atoms with Gasteiger partial charge in [0.15, 0.2) is 0 Å². The maximum Gasteiger partial charge on any atom is 0.303 e. The number of hydrogen-bond acceptors (Lipinski definition) is 3. The summed E-state index contributed by atoms with van der Waals surface area (Å²) in [5.41, 5.74) is 1.04. The van der Waals surface area contributed by atoms with Crippen LogP contribution in [0.25, 0.3) is 0 Å². The van der Waals surface area contributed by atoms with E-state index >= 15 is 0 Å². The van der Waals surface area contributed by atoms with E-state index in [1.807, 2.05) is 0 Å². The molecule has 1 fully saturated rings. The average molecular weight is 336 g/mol. The van der Waals surface area contributed by atoms with Gasteiger partial charge < -0.3 is 15.3 Å². The minimum Gasteiger partial charge on any atom is -0.481 e. The Kier molecular flexibility index (Phi) is 5.89. The van der Waals surface area contributed by atoms with Crippen LogP contribution in [0.4, 0.5) is 10.1 Å². The molecule has 2 amide bonds. The summed E-state index contributed by atoms with van der Waals surface area (Å²) >= 11 is 0. The van der Waals surface area contributed by atoms with Crippen LogP contribution in [0.15, 0.2) is 18.2 Å². The number of carboxylic acid groups (broad SMARTS) is 1. The highest BCUT2D eigenvalue weighted by Crippen LogP contribution is 2.26. The lowest BCUT2D eigenvalue weighted by Gasteiger charge is -2.17. The first kappa shape index (κ1) is 17.9. The lowest BCUT2D eigenvalue weighted by Crippen LogP contribution is -2.33. The quantitative estimate of drug-likeness (QED) is 0.744. The molecule has 0 aliphatic carbocycles. The monoisotopic (exact) mass is 336 g/mol. The predicted molar refractivity (Wildman–Crippen MR) is 86.1 cm³/mol. The summed E-state index contributed by atoms with van der Waals surface area (Å²) in [5.74, 6) is -2.00. The smallest absolute Gasteiger partial charge is 0.303 e. The molecule has 1 atom stereocenters. The van der Waals surface area contributed by atoms with E-state index in [4.69, 9.17) is 5.11 Å². The van der Waals surface area contributed by atoms with E-state index < -0.39 is 11.9 Å². The highest BCUT2D eigenvalue weighted by molar-refractivity contribution is 6.00. The molecule has 1 unspecified atom stereocenters. The molecule has 1 heterocycles. The maximum absolute atomic E-state index is 13.3. The summed E-state index contributed by atoms with van der Waals surface area (Å²) in [6.45, 7) is 2.29. The number of carbonyl (C=O) groups is 3. The van der Waals surface area contributed by atoms with Crippen LogP contribution in [0, 0.1) is 18.7 Å². The first-order chi connectivity index (χ1) is 11.4. The van der Waals surface area contributed by atoms with E-state index in [-0.39, 0.29) is 37.0 Å². The highest BCUT2D eigenvalue weighted by atomic mass is 19.1. The number of amides is 2. The second-order valence-electron chi connectivity index (χ2n) is 5.98. The standard InChI is InChI=1S/C17H21FN2O4/c1-11-8-13(5-6-14(11)18)20-10-12(9-15(20)21)17(24)19-7-3-2-4-16(22)23/h5-6,8,12H,2-4,7,9-10H2,1H3,(H,19,24)(H,22,23). The van der Waals surface area contributed by atoms with Gasteiger partial charge in [0.1, 0.15) is 5.82 Å². The van der Waals surface area contributed by atoms with Crippen molar-refractivity contribution < 1.29 is 23.9 Å². The van der Waals surface area contributed by atoms with E-state index in [0.717, 1.165) is 0 Å². The minimum absolute atomic E-state index is 0.0788. The molecule has 7 heteroatoms. The molecule has 1 aliphatic heterocycles.